The van der Waals surface area contributed by atoms with Gasteiger partial charge in [0, 0.05) is 6.07 Å². The maximum atomic E-state index is 6.08. The lowest BCUT2D eigenvalue weighted by molar-refractivity contribution is 0.383. The third kappa shape index (κ3) is 1.83. The van der Waals surface area contributed by atoms with Gasteiger partial charge in [0.15, 0.2) is 0 Å². The van der Waals surface area contributed by atoms with Crippen molar-refractivity contribution in [3.63, 3.8) is 0 Å². The summed E-state index contributed by atoms with van der Waals surface area (Å²) in [6, 6.07) is 9.39. The summed E-state index contributed by atoms with van der Waals surface area (Å²) in [5.74, 6) is 0.681. The van der Waals surface area contributed by atoms with Gasteiger partial charge in [-0.25, -0.2) is 0 Å². The Labute approximate surface area is 93.2 Å². The summed E-state index contributed by atoms with van der Waals surface area (Å²) in [5, 5.41) is 4.97. The summed E-state index contributed by atoms with van der Waals surface area (Å²) in [4.78, 5) is 0. The molecule has 0 saturated carbocycles. The van der Waals surface area contributed by atoms with E-state index in [0.717, 1.165) is 11.4 Å². The number of hydrogen-bond donors (Lipinski definition) is 0. The summed E-state index contributed by atoms with van der Waals surface area (Å²) >= 11 is 6.08. The van der Waals surface area contributed by atoms with Crippen molar-refractivity contribution in [1.29, 1.82) is 0 Å². The second-order valence-electron chi connectivity index (χ2n) is 3.19. The third-order valence-corrected chi connectivity index (χ3v) is 2.41. The second-order valence-corrected chi connectivity index (χ2v) is 3.60. The second kappa shape index (κ2) is 3.95. The van der Waals surface area contributed by atoms with Crippen LogP contribution in [0.4, 0.5) is 0 Å². The molecule has 1 aromatic heterocycles. The van der Waals surface area contributed by atoms with E-state index in [1.54, 1.807) is 11.8 Å². The number of aryl methyl sites for hydroxylation is 1. The molecule has 3 nitrogen and oxygen atoms in total. The van der Waals surface area contributed by atoms with Gasteiger partial charge in [-0.05, 0) is 19.1 Å². The highest BCUT2D eigenvalue weighted by atomic mass is 35.5. The first-order chi connectivity index (χ1) is 7.22. The van der Waals surface area contributed by atoms with E-state index in [1.165, 1.54) is 0 Å². The number of halogens is 1. The number of ether oxygens (including phenoxy) is 1. The van der Waals surface area contributed by atoms with Crippen LogP contribution in [0, 0.1) is 6.92 Å². The molecule has 0 amide bonds. The molecule has 0 saturated heterocycles. The van der Waals surface area contributed by atoms with Gasteiger partial charge in [-0.1, -0.05) is 23.7 Å². The van der Waals surface area contributed by atoms with E-state index < -0.39 is 0 Å². The lowest BCUT2D eigenvalue weighted by Gasteiger charge is -2.07. The van der Waals surface area contributed by atoms with Crippen LogP contribution >= 0.6 is 11.6 Å². The molecule has 0 unspecified atom stereocenters. The zero-order valence-corrected chi connectivity index (χ0v) is 9.32. The number of aromatic nitrogens is 2. The number of methoxy groups -OCH3 is 1. The van der Waals surface area contributed by atoms with Crippen LogP contribution in [0.15, 0.2) is 30.3 Å². The Kier molecular flexibility index (Phi) is 2.64. The molecule has 0 bridgehead atoms. The first kappa shape index (κ1) is 10.1. The van der Waals surface area contributed by atoms with Crippen molar-refractivity contribution in [2.75, 3.05) is 7.11 Å². The molecule has 78 valence electrons. The molecule has 0 aliphatic heterocycles. The molecule has 1 heterocycles. The lowest BCUT2D eigenvalue weighted by Crippen LogP contribution is -2.00. The fourth-order valence-corrected chi connectivity index (χ4v) is 1.63. The molecular weight excluding hydrogens is 212 g/mol. The van der Waals surface area contributed by atoms with Crippen LogP contribution in [0.3, 0.4) is 0 Å². The fraction of sp³-hybridized carbons (Fsp3) is 0.182. The molecule has 0 N–H and O–H groups in total. The van der Waals surface area contributed by atoms with Gasteiger partial charge in [-0.3, -0.25) is 0 Å². The van der Waals surface area contributed by atoms with Crippen LogP contribution in [0.25, 0.3) is 5.69 Å². The molecule has 0 fully saturated rings. The molecule has 0 radical (unpaired) electrons. The van der Waals surface area contributed by atoms with E-state index in [9.17, 15) is 0 Å². The molecule has 0 aliphatic rings. The Morgan fingerprint density at radius 2 is 2.07 bits per heavy atom. The van der Waals surface area contributed by atoms with E-state index in [1.807, 2.05) is 37.3 Å². The van der Waals surface area contributed by atoms with Crippen LogP contribution in [0.2, 0.25) is 5.02 Å². The van der Waals surface area contributed by atoms with Crippen LogP contribution < -0.4 is 4.74 Å². The van der Waals surface area contributed by atoms with E-state index in [4.69, 9.17) is 16.3 Å². The average molecular weight is 223 g/mol. The van der Waals surface area contributed by atoms with Crippen molar-refractivity contribution in [3.8, 4) is 11.6 Å². The van der Waals surface area contributed by atoms with Crippen LogP contribution in [0.5, 0.6) is 5.88 Å². The summed E-state index contributed by atoms with van der Waals surface area (Å²) in [5.41, 5.74) is 1.72. The number of rotatable bonds is 2. The van der Waals surface area contributed by atoms with E-state index >= 15 is 0 Å². The van der Waals surface area contributed by atoms with E-state index in [0.29, 0.717) is 10.9 Å². The van der Waals surface area contributed by atoms with Crippen molar-refractivity contribution < 1.29 is 4.74 Å². The largest absolute Gasteiger partial charge is 0.481 e. The predicted molar refractivity (Wildman–Crippen MR) is 59.9 cm³/mol. The van der Waals surface area contributed by atoms with Crippen molar-refractivity contribution in [3.05, 3.63) is 41.0 Å². The van der Waals surface area contributed by atoms with Crippen molar-refractivity contribution in [2.24, 2.45) is 0 Å². The maximum absolute atomic E-state index is 6.08. The van der Waals surface area contributed by atoms with Gasteiger partial charge in [0.25, 0.3) is 0 Å². The first-order valence-corrected chi connectivity index (χ1v) is 4.95. The van der Waals surface area contributed by atoms with Crippen LogP contribution in [0.1, 0.15) is 5.69 Å². The van der Waals surface area contributed by atoms with E-state index in [-0.39, 0.29) is 0 Å². The predicted octanol–water partition coefficient (Wildman–Crippen LogP) is 2.84. The highest BCUT2D eigenvalue weighted by molar-refractivity contribution is 6.32. The SMILES string of the molecule is COc1cc(C)nn1-c1ccccc1Cl. The van der Waals surface area contributed by atoms with E-state index in [2.05, 4.69) is 5.10 Å². The lowest BCUT2D eigenvalue weighted by atomic mass is 10.3. The van der Waals surface area contributed by atoms with Crippen LogP contribution in [-0.4, -0.2) is 16.9 Å². The Morgan fingerprint density at radius 1 is 1.33 bits per heavy atom. The van der Waals surface area contributed by atoms with Crippen molar-refractivity contribution >= 4 is 11.6 Å². The van der Waals surface area contributed by atoms with Crippen molar-refractivity contribution in [2.45, 2.75) is 6.92 Å². The highest BCUT2D eigenvalue weighted by Gasteiger charge is 2.09. The molecule has 0 spiro atoms. The Balaban J connectivity index is 2.58. The zero-order chi connectivity index (χ0) is 10.8. The standard InChI is InChI=1S/C11H11ClN2O/c1-8-7-11(15-2)14(13-8)10-6-4-3-5-9(10)12/h3-7H,1-2H3. The average Bonchev–Trinajstić information content (AvgIpc) is 2.60. The summed E-state index contributed by atoms with van der Waals surface area (Å²) < 4.78 is 6.91. The molecule has 0 aliphatic carbocycles. The Hall–Kier alpha value is -1.48. The summed E-state index contributed by atoms with van der Waals surface area (Å²) in [6.07, 6.45) is 0. The molecular formula is C11H11ClN2O. The third-order valence-electron chi connectivity index (χ3n) is 2.09. The molecule has 15 heavy (non-hydrogen) atoms. The summed E-state index contributed by atoms with van der Waals surface area (Å²) in [7, 11) is 1.61. The van der Waals surface area contributed by atoms with Gasteiger partial charge >= 0.3 is 0 Å². The normalized spacial score (nSPS) is 10.3. The molecule has 0 atom stereocenters. The summed E-state index contributed by atoms with van der Waals surface area (Å²) in [6.45, 7) is 1.91. The quantitative estimate of drug-likeness (QED) is 0.781. The van der Waals surface area contributed by atoms with Gasteiger partial charge in [0.05, 0.1) is 23.5 Å². The molecule has 1 aromatic carbocycles. The number of benzene rings is 1. The highest BCUT2D eigenvalue weighted by Crippen LogP contribution is 2.24. The molecule has 2 aromatic rings. The minimum atomic E-state index is 0.652. The number of hydrogen-bond acceptors (Lipinski definition) is 2. The van der Waals surface area contributed by atoms with Crippen molar-refractivity contribution in [1.82, 2.24) is 9.78 Å². The fourth-order valence-electron chi connectivity index (χ4n) is 1.42. The minimum absolute atomic E-state index is 0.652. The smallest absolute Gasteiger partial charge is 0.216 e. The topological polar surface area (TPSA) is 27.1 Å². The number of para-hydroxylation sites is 1. The van der Waals surface area contributed by atoms with Gasteiger partial charge in [0.2, 0.25) is 5.88 Å². The first-order valence-electron chi connectivity index (χ1n) is 4.58. The Bertz CT molecular complexity index is 479. The zero-order valence-electron chi connectivity index (χ0n) is 8.57. The van der Waals surface area contributed by atoms with Gasteiger partial charge in [-0.15, -0.1) is 0 Å². The van der Waals surface area contributed by atoms with Gasteiger partial charge < -0.3 is 4.74 Å². The number of nitrogens with zero attached hydrogens (tertiary/aromatic N) is 2. The van der Waals surface area contributed by atoms with Crippen LogP contribution in [-0.2, 0) is 0 Å². The molecule has 4 heteroatoms. The van der Waals surface area contributed by atoms with Gasteiger partial charge in [0.1, 0.15) is 0 Å². The monoisotopic (exact) mass is 222 g/mol. The molecule has 2 rings (SSSR count). The minimum Gasteiger partial charge on any atom is -0.481 e. The Morgan fingerprint density at radius 3 is 2.73 bits per heavy atom. The maximum Gasteiger partial charge on any atom is 0.216 e. The van der Waals surface area contributed by atoms with Gasteiger partial charge in [-0.2, -0.15) is 9.78 Å².